The van der Waals surface area contributed by atoms with Crippen molar-refractivity contribution in [2.45, 2.75) is 13.2 Å². The smallest absolute Gasteiger partial charge is 0.137 e. The summed E-state index contributed by atoms with van der Waals surface area (Å²) in [5, 5.41) is 17.9. The van der Waals surface area contributed by atoms with Crippen LogP contribution >= 0.6 is 0 Å². The Balaban J connectivity index is 2.81. The van der Waals surface area contributed by atoms with Gasteiger partial charge in [0.1, 0.15) is 18.9 Å². The predicted octanol–water partition coefficient (Wildman–Crippen LogP) is -0.708. The maximum absolute atomic E-state index is 8.96. The third kappa shape index (κ3) is 2.99. The second-order valence-corrected chi connectivity index (χ2v) is 3.00. The van der Waals surface area contributed by atoms with E-state index in [0.717, 1.165) is 11.1 Å². The minimum absolute atomic E-state index is 0.0470. The first-order chi connectivity index (χ1) is 6.80. The second kappa shape index (κ2) is 5.59. The van der Waals surface area contributed by atoms with E-state index < -0.39 is 0 Å². The summed E-state index contributed by atoms with van der Waals surface area (Å²) in [7, 11) is 0. The van der Waals surface area contributed by atoms with E-state index in [9.17, 15) is 0 Å². The van der Waals surface area contributed by atoms with Crippen molar-refractivity contribution in [2.75, 3.05) is 13.2 Å². The van der Waals surface area contributed by atoms with Gasteiger partial charge >= 0.3 is 0 Å². The SMILES string of the molecule is [NH3+]CCOc1cc(CO)cc(CO)c1. The number of aliphatic hydroxyl groups is 2. The first-order valence-corrected chi connectivity index (χ1v) is 4.56. The molecular formula is C10H16NO3+. The minimum Gasteiger partial charge on any atom is -0.488 e. The Morgan fingerprint density at radius 3 is 2.07 bits per heavy atom. The minimum atomic E-state index is -0.0470. The summed E-state index contributed by atoms with van der Waals surface area (Å²) in [6, 6.07) is 5.26. The summed E-state index contributed by atoms with van der Waals surface area (Å²) in [5.41, 5.74) is 5.15. The van der Waals surface area contributed by atoms with Gasteiger partial charge in [-0.1, -0.05) is 6.07 Å². The maximum atomic E-state index is 8.96. The van der Waals surface area contributed by atoms with Gasteiger partial charge < -0.3 is 20.7 Å². The summed E-state index contributed by atoms with van der Waals surface area (Å²) < 4.78 is 5.36. The van der Waals surface area contributed by atoms with Crippen molar-refractivity contribution in [3.05, 3.63) is 29.3 Å². The molecule has 0 spiro atoms. The summed E-state index contributed by atoms with van der Waals surface area (Å²) in [6.07, 6.45) is 0. The molecule has 14 heavy (non-hydrogen) atoms. The van der Waals surface area contributed by atoms with Gasteiger partial charge in [0.15, 0.2) is 0 Å². The average Bonchev–Trinajstić information content (AvgIpc) is 2.25. The molecule has 0 heterocycles. The Hall–Kier alpha value is -1.10. The molecule has 1 rings (SSSR count). The number of quaternary nitrogens is 1. The monoisotopic (exact) mass is 198 g/mol. The van der Waals surface area contributed by atoms with E-state index in [-0.39, 0.29) is 13.2 Å². The van der Waals surface area contributed by atoms with Gasteiger partial charge in [-0.25, -0.2) is 0 Å². The molecule has 0 aliphatic heterocycles. The number of hydrogen-bond donors (Lipinski definition) is 3. The molecule has 78 valence electrons. The lowest BCUT2D eigenvalue weighted by molar-refractivity contribution is -0.370. The van der Waals surface area contributed by atoms with Crippen LogP contribution < -0.4 is 10.5 Å². The lowest BCUT2D eigenvalue weighted by Gasteiger charge is -2.07. The zero-order valence-electron chi connectivity index (χ0n) is 8.07. The number of aliphatic hydroxyl groups excluding tert-OH is 2. The summed E-state index contributed by atoms with van der Waals surface area (Å²) >= 11 is 0. The third-order valence-corrected chi connectivity index (χ3v) is 1.80. The third-order valence-electron chi connectivity index (χ3n) is 1.80. The van der Waals surface area contributed by atoms with E-state index in [1.165, 1.54) is 0 Å². The average molecular weight is 198 g/mol. The zero-order chi connectivity index (χ0) is 10.4. The fourth-order valence-corrected chi connectivity index (χ4v) is 1.18. The van der Waals surface area contributed by atoms with Crippen molar-refractivity contribution in [1.82, 2.24) is 0 Å². The van der Waals surface area contributed by atoms with Gasteiger partial charge in [0.2, 0.25) is 0 Å². The van der Waals surface area contributed by atoms with E-state index in [1.54, 1.807) is 18.2 Å². The molecule has 0 fully saturated rings. The maximum Gasteiger partial charge on any atom is 0.137 e. The lowest BCUT2D eigenvalue weighted by atomic mass is 10.1. The number of benzene rings is 1. The molecule has 0 atom stereocenters. The van der Waals surface area contributed by atoms with Crippen LogP contribution in [-0.2, 0) is 13.2 Å². The molecule has 5 N–H and O–H groups in total. The number of ether oxygens (including phenoxy) is 1. The molecular weight excluding hydrogens is 182 g/mol. The van der Waals surface area contributed by atoms with Gasteiger partial charge in [0, 0.05) is 0 Å². The van der Waals surface area contributed by atoms with Crippen LogP contribution in [0.15, 0.2) is 18.2 Å². The molecule has 1 aromatic rings. The van der Waals surface area contributed by atoms with Crippen LogP contribution in [0.25, 0.3) is 0 Å². The Kier molecular flexibility index (Phi) is 4.39. The topological polar surface area (TPSA) is 77.3 Å². The van der Waals surface area contributed by atoms with Crippen molar-refractivity contribution < 1.29 is 20.7 Å². The molecule has 0 saturated heterocycles. The largest absolute Gasteiger partial charge is 0.488 e. The van der Waals surface area contributed by atoms with E-state index >= 15 is 0 Å². The van der Waals surface area contributed by atoms with Gasteiger partial charge in [-0.2, -0.15) is 0 Å². The Morgan fingerprint density at radius 2 is 1.64 bits per heavy atom. The summed E-state index contributed by atoms with van der Waals surface area (Å²) in [4.78, 5) is 0. The van der Waals surface area contributed by atoms with Crippen molar-refractivity contribution in [1.29, 1.82) is 0 Å². The van der Waals surface area contributed by atoms with Crippen molar-refractivity contribution in [3.63, 3.8) is 0 Å². The molecule has 0 bridgehead atoms. The van der Waals surface area contributed by atoms with Crippen LogP contribution in [0.4, 0.5) is 0 Å². The van der Waals surface area contributed by atoms with Gasteiger partial charge in [-0.15, -0.1) is 0 Å². The molecule has 4 nitrogen and oxygen atoms in total. The van der Waals surface area contributed by atoms with Gasteiger partial charge in [0.05, 0.1) is 13.2 Å². The van der Waals surface area contributed by atoms with Crippen LogP contribution in [0.2, 0.25) is 0 Å². The van der Waals surface area contributed by atoms with Crippen molar-refractivity contribution in [3.8, 4) is 5.75 Å². The highest BCUT2D eigenvalue weighted by atomic mass is 16.5. The molecule has 0 radical (unpaired) electrons. The van der Waals surface area contributed by atoms with Crippen LogP contribution in [0.5, 0.6) is 5.75 Å². The standard InChI is InChI=1S/C10H15NO3/c11-1-2-14-10-4-8(6-12)3-9(5-10)7-13/h3-5,12-13H,1-2,6-7,11H2/p+1. The Labute approximate surface area is 82.9 Å². The zero-order valence-corrected chi connectivity index (χ0v) is 8.07. The number of rotatable bonds is 5. The Bertz CT molecular complexity index is 266. The van der Waals surface area contributed by atoms with Crippen molar-refractivity contribution >= 4 is 0 Å². The lowest BCUT2D eigenvalue weighted by Crippen LogP contribution is -2.52. The van der Waals surface area contributed by atoms with Gasteiger partial charge in [0.25, 0.3) is 0 Å². The van der Waals surface area contributed by atoms with E-state index in [1.807, 2.05) is 0 Å². The van der Waals surface area contributed by atoms with Crippen LogP contribution in [0, 0.1) is 0 Å². The second-order valence-electron chi connectivity index (χ2n) is 3.00. The molecule has 0 amide bonds. The molecule has 4 heteroatoms. The highest BCUT2D eigenvalue weighted by molar-refractivity contribution is 5.33. The number of hydrogen-bond acceptors (Lipinski definition) is 3. The molecule has 1 aromatic carbocycles. The van der Waals surface area contributed by atoms with E-state index in [0.29, 0.717) is 18.9 Å². The highest BCUT2D eigenvalue weighted by Gasteiger charge is 2.00. The normalized spacial score (nSPS) is 10.2. The van der Waals surface area contributed by atoms with Crippen molar-refractivity contribution in [2.24, 2.45) is 0 Å². The summed E-state index contributed by atoms with van der Waals surface area (Å²) in [6.45, 7) is 1.14. The molecule has 0 aromatic heterocycles. The molecule has 0 unspecified atom stereocenters. The molecule has 0 aliphatic carbocycles. The summed E-state index contributed by atoms with van der Waals surface area (Å²) in [5.74, 6) is 0.671. The quantitative estimate of drug-likeness (QED) is 0.585. The highest BCUT2D eigenvalue weighted by Crippen LogP contribution is 2.17. The first-order valence-electron chi connectivity index (χ1n) is 4.56. The van der Waals surface area contributed by atoms with Crippen LogP contribution in [-0.4, -0.2) is 23.4 Å². The Morgan fingerprint density at radius 1 is 1.07 bits per heavy atom. The molecule has 0 saturated carbocycles. The fourth-order valence-electron chi connectivity index (χ4n) is 1.18. The first kappa shape index (κ1) is 11.0. The van der Waals surface area contributed by atoms with E-state index in [2.05, 4.69) is 5.73 Å². The molecule has 0 aliphatic rings. The van der Waals surface area contributed by atoms with E-state index in [4.69, 9.17) is 14.9 Å². The van der Waals surface area contributed by atoms with Gasteiger partial charge in [-0.3, -0.25) is 0 Å². The predicted molar refractivity (Wildman–Crippen MR) is 51.5 cm³/mol. The fraction of sp³-hybridized carbons (Fsp3) is 0.400. The van der Waals surface area contributed by atoms with Gasteiger partial charge in [-0.05, 0) is 23.3 Å². The van der Waals surface area contributed by atoms with Crippen LogP contribution in [0.1, 0.15) is 11.1 Å². The van der Waals surface area contributed by atoms with Crippen LogP contribution in [0.3, 0.4) is 0 Å².